The molecule has 9 aromatic carbocycles. The monoisotopic (exact) mass is 716 g/mol. The molecule has 0 saturated carbocycles. The molecule has 1 heterocycles. The highest BCUT2D eigenvalue weighted by Gasteiger charge is 2.21. The number of benzene rings is 9. The molecule has 2 heteroatoms. The van der Waals surface area contributed by atoms with Gasteiger partial charge in [0, 0.05) is 39.3 Å². The molecule has 0 N–H and O–H groups in total. The number of fused-ring (bicyclic) bond motifs is 4. The minimum Gasteiger partial charge on any atom is -0.455 e. The van der Waals surface area contributed by atoms with Gasteiger partial charge < -0.3 is 9.32 Å². The van der Waals surface area contributed by atoms with E-state index in [4.69, 9.17) is 34.6 Å². The molecule has 0 atom stereocenters. The topological polar surface area (TPSA) is 16.4 Å². The zero-order valence-electron chi connectivity index (χ0n) is 54.5. The van der Waals surface area contributed by atoms with E-state index in [2.05, 4.69) is 0 Å². The maximum Gasteiger partial charge on any atom is 0.143 e. The van der Waals surface area contributed by atoms with E-state index < -0.39 is 207 Å². The summed E-state index contributed by atoms with van der Waals surface area (Å²) in [4.78, 5) is 1.06. The van der Waals surface area contributed by atoms with Crippen molar-refractivity contribution in [1.29, 1.82) is 0 Å². The van der Waals surface area contributed by atoms with Crippen LogP contribution in [0.3, 0.4) is 0 Å². The van der Waals surface area contributed by atoms with Crippen molar-refractivity contribution in [2.45, 2.75) is 0 Å². The molecule has 1 aromatic heterocycles. The first kappa shape index (κ1) is 14.3. The minimum absolute atomic E-state index is 0.166. The zero-order valence-corrected chi connectivity index (χ0v) is 27.5. The molecule has 0 spiro atoms. The number of hydrogen-bond donors (Lipinski definition) is 0. The summed E-state index contributed by atoms with van der Waals surface area (Å²) in [6.07, 6.45) is 0. The Bertz CT molecular complexity index is 4450. The van der Waals surface area contributed by atoms with Crippen LogP contribution in [0.5, 0.6) is 0 Å². The molecule has 10 aromatic rings. The predicted octanol–water partition coefficient (Wildman–Crippen LogP) is 14.9. The molecular weight excluding hydrogens is 655 g/mol. The van der Waals surface area contributed by atoms with Gasteiger partial charge in [-0.3, -0.25) is 0 Å². The second-order valence-corrected chi connectivity index (χ2v) is 11.6. The Labute approximate surface area is 352 Å². The molecule has 254 valence electrons. The van der Waals surface area contributed by atoms with Crippen LogP contribution in [0.4, 0.5) is 17.1 Å². The lowest BCUT2D eigenvalue weighted by Crippen LogP contribution is -2.11. The summed E-state index contributed by atoms with van der Waals surface area (Å²) in [6.45, 7) is 0. The highest BCUT2D eigenvalue weighted by atomic mass is 16.3. The van der Waals surface area contributed by atoms with E-state index in [1.807, 2.05) is 0 Å². The van der Waals surface area contributed by atoms with Crippen molar-refractivity contribution >= 4 is 49.8 Å². The van der Waals surface area contributed by atoms with Gasteiger partial charge in [0.25, 0.3) is 0 Å². The highest BCUT2D eigenvalue weighted by Crippen LogP contribution is 2.45. The fourth-order valence-corrected chi connectivity index (χ4v) is 6.10. The molecule has 0 amide bonds. The molecule has 0 aliphatic heterocycles. The Morgan fingerprint density at radius 1 is 0.407 bits per heavy atom. The van der Waals surface area contributed by atoms with Crippen molar-refractivity contribution in [3.63, 3.8) is 0 Å². The molecule has 0 saturated heterocycles. The van der Waals surface area contributed by atoms with E-state index in [1.54, 1.807) is 0 Å². The zero-order chi connectivity index (χ0) is 59.3. The Balaban J connectivity index is 1.37. The van der Waals surface area contributed by atoms with Gasteiger partial charge in [-0.25, -0.2) is 0 Å². The second kappa shape index (κ2) is 13.4. The van der Waals surface area contributed by atoms with E-state index in [-0.39, 0.29) is 50.1 Å². The SMILES string of the molecule is [2H]c1cc(N(c2cc([2H])c3c(oc4c(-c5c([2H])c([2H])c([2H])c([2H])c5[2H])c([2H])c([2H])c([2H])c43)c2[2H])c2c(-c3cccc([2H])c3[2H])cc(-c3c([2H])c([2H])c([2H])c([2H])c3[2H])c([2H])c2[2H])ccc1-c1c([2H])c([2H])c([2H])c2c([2H])c([2H])c([2H])c([2H])c12. The van der Waals surface area contributed by atoms with Crippen LogP contribution in [-0.2, 0) is 0 Å². The van der Waals surface area contributed by atoms with Crippen molar-refractivity contribution in [2.75, 3.05) is 4.90 Å². The van der Waals surface area contributed by atoms with Crippen LogP contribution in [0.1, 0.15) is 37.0 Å². The molecule has 0 radical (unpaired) electrons. The first-order valence-electron chi connectivity index (χ1n) is 29.7. The molecular formula is C52H35NO. The van der Waals surface area contributed by atoms with Gasteiger partial charge in [-0.05, 0) is 80.5 Å². The second-order valence-electron chi connectivity index (χ2n) is 11.6. The Hall–Kier alpha value is -7.16. The fourth-order valence-electron chi connectivity index (χ4n) is 6.10. The molecule has 0 bridgehead atoms. The fraction of sp³-hybridized carbons (Fsp3) is 0. The standard InChI is InChI=1S/C52H35NO/c1-4-14-36(15-5-1)41-28-33-50(49(34-41)39-18-8-3-9-19-39)53(42-29-26-40(27-30-42)45-23-12-21-37-20-10-11-22-44(37)45)43-31-32-47-48-25-13-24-46(38-16-6-2-7-17-38)52(48)54-51(47)35-43/h1-35H/i1D,2D,4D,5D,6D,7D,8D,10D,11D,12D,13D,14D,15D,16D,17D,18D,20D,21D,22D,23D,24D,25D,26D,28D,32D,33D,35D. The number of rotatable bonds is 7. The van der Waals surface area contributed by atoms with Crippen molar-refractivity contribution in [3.05, 3.63) is 212 Å². The van der Waals surface area contributed by atoms with Crippen molar-refractivity contribution in [3.8, 4) is 44.5 Å². The van der Waals surface area contributed by atoms with Crippen LogP contribution in [0.15, 0.2) is 216 Å². The first-order chi connectivity index (χ1) is 38.0. The predicted molar refractivity (Wildman–Crippen MR) is 228 cm³/mol. The van der Waals surface area contributed by atoms with Crippen LogP contribution in [0.25, 0.3) is 77.2 Å². The number of nitrogens with zero attached hydrogens (tertiary/aromatic N) is 1. The van der Waals surface area contributed by atoms with Crippen LogP contribution in [0, 0.1) is 0 Å². The first-order valence-corrected chi connectivity index (χ1v) is 16.2. The van der Waals surface area contributed by atoms with Crippen molar-refractivity contribution in [1.82, 2.24) is 0 Å². The maximum absolute atomic E-state index is 9.98. The van der Waals surface area contributed by atoms with E-state index in [0.29, 0.717) is 0 Å². The van der Waals surface area contributed by atoms with Gasteiger partial charge in [-0.15, -0.1) is 0 Å². The van der Waals surface area contributed by atoms with Crippen LogP contribution < -0.4 is 4.90 Å². The third kappa shape index (κ3) is 5.62. The summed E-state index contributed by atoms with van der Waals surface area (Å²) in [6, 6.07) is -10.0. The largest absolute Gasteiger partial charge is 0.455 e. The highest BCUT2D eigenvalue weighted by molar-refractivity contribution is 6.10. The third-order valence-electron chi connectivity index (χ3n) is 8.52. The summed E-state index contributed by atoms with van der Waals surface area (Å²) in [5.74, 6) is 0. The quantitative estimate of drug-likeness (QED) is 0.163. The molecule has 0 aliphatic rings. The molecule has 54 heavy (non-hydrogen) atoms. The summed E-state index contributed by atoms with van der Waals surface area (Å²) < 4.78 is 246. The molecule has 0 fully saturated rings. The Kier molecular flexibility index (Phi) is 3.57. The number of furan rings is 1. The number of anilines is 3. The third-order valence-corrected chi connectivity index (χ3v) is 8.52. The lowest BCUT2D eigenvalue weighted by Gasteiger charge is -2.28. The van der Waals surface area contributed by atoms with Crippen LogP contribution >= 0.6 is 0 Å². The molecule has 10 rings (SSSR count). The average Bonchev–Trinajstić information content (AvgIpc) is 4.07. The van der Waals surface area contributed by atoms with Crippen molar-refractivity contribution in [2.24, 2.45) is 0 Å². The Morgan fingerprint density at radius 2 is 1.11 bits per heavy atom. The lowest BCUT2D eigenvalue weighted by molar-refractivity contribution is 0.670. The van der Waals surface area contributed by atoms with Gasteiger partial charge >= 0.3 is 0 Å². The number of hydrogen-bond acceptors (Lipinski definition) is 2. The van der Waals surface area contributed by atoms with Gasteiger partial charge in [0.15, 0.2) is 0 Å². The van der Waals surface area contributed by atoms with Gasteiger partial charge in [-0.2, -0.15) is 0 Å². The molecule has 0 unspecified atom stereocenters. The lowest BCUT2D eigenvalue weighted by atomic mass is 9.95. The van der Waals surface area contributed by atoms with Crippen molar-refractivity contribution < 1.29 is 41.4 Å². The normalized spacial score (nSPS) is 18.3. The summed E-state index contributed by atoms with van der Waals surface area (Å²) in [7, 11) is 0. The Morgan fingerprint density at radius 3 is 1.98 bits per heavy atom. The van der Waals surface area contributed by atoms with Gasteiger partial charge in [-0.1, -0.05) is 169 Å². The van der Waals surface area contributed by atoms with E-state index in [1.165, 1.54) is 30.3 Å². The van der Waals surface area contributed by atoms with Gasteiger partial charge in [0.05, 0.1) is 42.7 Å². The van der Waals surface area contributed by atoms with E-state index >= 15 is 0 Å². The van der Waals surface area contributed by atoms with E-state index in [9.17, 15) is 6.85 Å². The van der Waals surface area contributed by atoms with Gasteiger partial charge in [0.2, 0.25) is 0 Å². The van der Waals surface area contributed by atoms with Gasteiger partial charge in [0.1, 0.15) is 11.2 Å². The summed E-state index contributed by atoms with van der Waals surface area (Å²) >= 11 is 0. The van der Waals surface area contributed by atoms with Crippen LogP contribution in [-0.4, -0.2) is 0 Å². The smallest absolute Gasteiger partial charge is 0.143 e. The minimum atomic E-state index is -0.842. The molecule has 2 nitrogen and oxygen atoms in total. The summed E-state index contributed by atoms with van der Waals surface area (Å²) in [5, 5.41) is -1.51. The summed E-state index contributed by atoms with van der Waals surface area (Å²) in [5.41, 5.74) is -5.41. The maximum atomic E-state index is 9.98. The van der Waals surface area contributed by atoms with E-state index in [0.717, 1.165) is 23.1 Å². The number of para-hydroxylation sites is 1. The molecule has 0 aliphatic carbocycles. The average molecular weight is 717 g/mol. The van der Waals surface area contributed by atoms with Crippen LogP contribution in [0.2, 0.25) is 0 Å².